The predicted molar refractivity (Wildman–Crippen MR) is 78.2 cm³/mol. The van der Waals surface area contributed by atoms with Crippen molar-refractivity contribution >= 4 is 5.91 Å². The lowest BCUT2D eigenvalue weighted by Crippen LogP contribution is -2.40. The lowest BCUT2D eigenvalue weighted by molar-refractivity contribution is -0.141. The molecule has 5 nitrogen and oxygen atoms in total. The second kappa shape index (κ2) is 8.68. The Labute approximate surface area is 120 Å². The SMILES string of the molecule is CCOC(CNC(=O)C(N)c1ccc(C)cc1)OCC. The zero-order valence-corrected chi connectivity index (χ0v) is 12.4. The van der Waals surface area contributed by atoms with Crippen molar-refractivity contribution in [2.24, 2.45) is 5.73 Å². The van der Waals surface area contributed by atoms with Gasteiger partial charge in [0.25, 0.3) is 0 Å². The number of rotatable bonds is 8. The summed E-state index contributed by atoms with van der Waals surface area (Å²) in [5, 5.41) is 2.75. The third-order valence-electron chi connectivity index (χ3n) is 2.87. The fourth-order valence-electron chi connectivity index (χ4n) is 1.76. The van der Waals surface area contributed by atoms with Crippen molar-refractivity contribution in [2.45, 2.75) is 33.1 Å². The van der Waals surface area contributed by atoms with E-state index in [9.17, 15) is 4.79 Å². The smallest absolute Gasteiger partial charge is 0.241 e. The number of nitrogens with one attached hydrogen (secondary N) is 1. The van der Waals surface area contributed by atoms with Crippen LogP contribution in [0.3, 0.4) is 0 Å². The minimum Gasteiger partial charge on any atom is -0.351 e. The number of benzene rings is 1. The molecule has 0 spiro atoms. The molecule has 20 heavy (non-hydrogen) atoms. The van der Waals surface area contributed by atoms with Crippen molar-refractivity contribution in [3.05, 3.63) is 35.4 Å². The van der Waals surface area contributed by atoms with Crippen LogP contribution in [0.1, 0.15) is 31.0 Å². The van der Waals surface area contributed by atoms with Crippen LogP contribution in [0.15, 0.2) is 24.3 Å². The number of aryl methyl sites for hydroxylation is 1. The maximum absolute atomic E-state index is 12.0. The van der Waals surface area contributed by atoms with E-state index in [-0.39, 0.29) is 5.91 Å². The van der Waals surface area contributed by atoms with Crippen molar-refractivity contribution < 1.29 is 14.3 Å². The molecule has 1 amide bonds. The second-order valence-electron chi connectivity index (χ2n) is 4.47. The fourth-order valence-corrected chi connectivity index (χ4v) is 1.76. The molecule has 1 aromatic carbocycles. The highest BCUT2D eigenvalue weighted by Crippen LogP contribution is 2.11. The molecule has 1 rings (SSSR count). The van der Waals surface area contributed by atoms with Crippen LogP contribution in [0.25, 0.3) is 0 Å². The van der Waals surface area contributed by atoms with Crippen LogP contribution in [0.5, 0.6) is 0 Å². The summed E-state index contributed by atoms with van der Waals surface area (Å²) in [6.45, 7) is 7.11. The van der Waals surface area contributed by atoms with E-state index in [4.69, 9.17) is 15.2 Å². The van der Waals surface area contributed by atoms with Crippen molar-refractivity contribution in [3.63, 3.8) is 0 Å². The quantitative estimate of drug-likeness (QED) is 0.708. The summed E-state index contributed by atoms with van der Waals surface area (Å²) >= 11 is 0. The van der Waals surface area contributed by atoms with Gasteiger partial charge in [-0.25, -0.2) is 0 Å². The van der Waals surface area contributed by atoms with Gasteiger partial charge in [-0.3, -0.25) is 4.79 Å². The van der Waals surface area contributed by atoms with Gasteiger partial charge in [-0.15, -0.1) is 0 Å². The minimum atomic E-state index is -0.681. The highest BCUT2D eigenvalue weighted by atomic mass is 16.7. The van der Waals surface area contributed by atoms with Gasteiger partial charge < -0.3 is 20.5 Å². The van der Waals surface area contributed by atoms with Crippen molar-refractivity contribution in [2.75, 3.05) is 19.8 Å². The molecule has 0 aromatic heterocycles. The minimum absolute atomic E-state index is 0.238. The van der Waals surface area contributed by atoms with Crippen LogP contribution in [-0.4, -0.2) is 32.0 Å². The number of hydrogen-bond acceptors (Lipinski definition) is 4. The Bertz CT molecular complexity index is 400. The van der Waals surface area contributed by atoms with Crippen LogP contribution < -0.4 is 11.1 Å². The van der Waals surface area contributed by atoms with Crippen LogP contribution in [0, 0.1) is 6.92 Å². The summed E-state index contributed by atoms with van der Waals surface area (Å²) in [5.74, 6) is -0.238. The van der Waals surface area contributed by atoms with E-state index in [1.807, 2.05) is 45.0 Å². The first-order valence-electron chi connectivity index (χ1n) is 6.91. The molecule has 0 bridgehead atoms. The Balaban J connectivity index is 2.50. The zero-order valence-electron chi connectivity index (χ0n) is 12.4. The zero-order chi connectivity index (χ0) is 15.0. The first-order valence-corrected chi connectivity index (χ1v) is 6.91. The van der Waals surface area contributed by atoms with Gasteiger partial charge in [0, 0.05) is 13.2 Å². The topological polar surface area (TPSA) is 73.6 Å². The molecule has 0 aliphatic rings. The summed E-state index contributed by atoms with van der Waals surface area (Å²) in [6, 6.07) is 6.92. The molecule has 0 heterocycles. The lowest BCUT2D eigenvalue weighted by Gasteiger charge is -2.19. The monoisotopic (exact) mass is 280 g/mol. The molecule has 0 saturated heterocycles. The molecule has 1 unspecified atom stereocenters. The standard InChI is InChI=1S/C15H24N2O3/c1-4-19-13(20-5-2)10-17-15(18)14(16)12-8-6-11(3)7-9-12/h6-9,13-14H,4-5,10,16H2,1-3H3,(H,17,18). The van der Waals surface area contributed by atoms with Crippen LogP contribution >= 0.6 is 0 Å². The summed E-state index contributed by atoms with van der Waals surface area (Å²) < 4.78 is 10.7. The second-order valence-corrected chi connectivity index (χ2v) is 4.47. The molecular weight excluding hydrogens is 256 g/mol. The summed E-state index contributed by atoms with van der Waals surface area (Å²) in [7, 11) is 0. The Hall–Kier alpha value is -1.43. The van der Waals surface area contributed by atoms with Crippen molar-refractivity contribution in [1.82, 2.24) is 5.32 Å². The van der Waals surface area contributed by atoms with Crippen LogP contribution in [0.4, 0.5) is 0 Å². The fraction of sp³-hybridized carbons (Fsp3) is 0.533. The Morgan fingerprint density at radius 3 is 2.25 bits per heavy atom. The first-order chi connectivity index (χ1) is 9.58. The maximum atomic E-state index is 12.0. The Kier molecular flexibility index (Phi) is 7.22. The largest absolute Gasteiger partial charge is 0.351 e. The maximum Gasteiger partial charge on any atom is 0.241 e. The average molecular weight is 280 g/mol. The van der Waals surface area contributed by atoms with E-state index in [2.05, 4.69) is 5.32 Å². The molecule has 0 radical (unpaired) electrons. The van der Waals surface area contributed by atoms with Gasteiger partial charge in [0.05, 0.1) is 6.54 Å². The number of hydrogen-bond donors (Lipinski definition) is 2. The van der Waals surface area contributed by atoms with Gasteiger partial charge in [0.1, 0.15) is 6.04 Å². The normalized spacial score (nSPS) is 12.4. The molecule has 0 saturated carbocycles. The molecule has 0 aliphatic carbocycles. The number of nitrogens with two attached hydrogens (primary N) is 1. The molecule has 1 atom stereocenters. The van der Waals surface area contributed by atoms with Gasteiger partial charge >= 0.3 is 0 Å². The number of carbonyl (C=O) groups is 1. The van der Waals surface area contributed by atoms with Crippen molar-refractivity contribution in [1.29, 1.82) is 0 Å². The number of ether oxygens (including phenoxy) is 2. The van der Waals surface area contributed by atoms with E-state index < -0.39 is 12.3 Å². The highest BCUT2D eigenvalue weighted by molar-refractivity contribution is 5.82. The molecule has 0 aliphatic heterocycles. The summed E-state index contributed by atoms with van der Waals surface area (Å²) in [5.41, 5.74) is 7.85. The van der Waals surface area contributed by atoms with Crippen molar-refractivity contribution in [3.8, 4) is 0 Å². The van der Waals surface area contributed by atoms with E-state index in [1.165, 1.54) is 0 Å². The van der Waals surface area contributed by atoms with Gasteiger partial charge in [0.2, 0.25) is 5.91 Å². The Morgan fingerprint density at radius 1 is 1.20 bits per heavy atom. The van der Waals surface area contributed by atoms with Gasteiger partial charge in [0.15, 0.2) is 6.29 Å². The lowest BCUT2D eigenvalue weighted by atomic mass is 10.1. The predicted octanol–water partition coefficient (Wildman–Crippen LogP) is 1.51. The number of carbonyl (C=O) groups excluding carboxylic acids is 1. The first kappa shape index (κ1) is 16.6. The third kappa shape index (κ3) is 5.28. The van der Waals surface area contributed by atoms with Gasteiger partial charge in [-0.1, -0.05) is 29.8 Å². The molecule has 3 N–H and O–H groups in total. The molecule has 0 fully saturated rings. The average Bonchev–Trinajstić information content (AvgIpc) is 2.45. The highest BCUT2D eigenvalue weighted by Gasteiger charge is 2.17. The van der Waals surface area contributed by atoms with E-state index in [0.29, 0.717) is 19.8 Å². The van der Waals surface area contributed by atoms with E-state index in [1.54, 1.807) is 0 Å². The molecule has 112 valence electrons. The summed E-state index contributed by atoms with van der Waals surface area (Å²) in [4.78, 5) is 12.0. The summed E-state index contributed by atoms with van der Waals surface area (Å²) in [6.07, 6.45) is -0.431. The number of amides is 1. The molecule has 1 aromatic rings. The van der Waals surface area contributed by atoms with Crippen LogP contribution in [-0.2, 0) is 14.3 Å². The molecular formula is C15H24N2O3. The Morgan fingerprint density at radius 2 is 1.75 bits per heavy atom. The van der Waals surface area contributed by atoms with Gasteiger partial charge in [-0.05, 0) is 26.3 Å². The molecule has 5 heteroatoms. The van der Waals surface area contributed by atoms with E-state index in [0.717, 1.165) is 11.1 Å². The van der Waals surface area contributed by atoms with Gasteiger partial charge in [-0.2, -0.15) is 0 Å². The van der Waals surface area contributed by atoms with E-state index >= 15 is 0 Å². The third-order valence-corrected chi connectivity index (χ3v) is 2.87. The van der Waals surface area contributed by atoms with Crippen LogP contribution in [0.2, 0.25) is 0 Å².